The first-order valence-electron chi connectivity index (χ1n) is 9.87. The van der Waals surface area contributed by atoms with Gasteiger partial charge in [0.2, 0.25) is 0 Å². The molecule has 0 spiro atoms. The largest absolute Gasteiger partial charge is 0.119 e. The van der Waals surface area contributed by atoms with Gasteiger partial charge in [-0.1, -0.05) is 104 Å². The lowest BCUT2D eigenvalue weighted by atomic mass is 9.89. The second-order valence-corrected chi connectivity index (χ2v) is 7.74. The van der Waals surface area contributed by atoms with Crippen molar-refractivity contribution in [3.05, 3.63) is 0 Å². The number of halogens is 1. The van der Waals surface area contributed by atoms with Gasteiger partial charge in [-0.05, 0) is 19.3 Å². The number of hydrogen-bond acceptors (Lipinski definition) is 0. The highest BCUT2D eigenvalue weighted by atomic mass is 35.5. The minimum absolute atomic E-state index is 0.115. The normalized spacial score (nSPS) is 12.0. The number of hydrogen-bond donors (Lipinski definition) is 0. The first kappa shape index (κ1) is 21.3. The summed E-state index contributed by atoms with van der Waals surface area (Å²) in [6.45, 7) is 6.84. The van der Waals surface area contributed by atoms with Gasteiger partial charge in [0.1, 0.15) is 0 Å². The topological polar surface area (TPSA) is 0 Å². The first-order chi connectivity index (χ1) is 10.2. The van der Waals surface area contributed by atoms with E-state index >= 15 is 0 Å². The van der Waals surface area contributed by atoms with Crippen molar-refractivity contribution in [1.82, 2.24) is 0 Å². The van der Waals surface area contributed by atoms with Crippen LogP contribution in [0.2, 0.25) is 0 Å². The Bertz CT molecular complexity index is 184. The van der Waals surface area contributed by atoms with Crippen molar-refractivity contribution in [2.24, 2.45) is 0 Å². The molecule has 0 aromatic rings. The van der Waals surface area contributed by atoms with Crippen molar-refractivity contribution in [3.63, 3.8) is 0 Å². The van der Waals surface area contributed by atoms with E-state index in [2.05, 4.69) is 20.8 Å². The van der Waals surface area contributed by atoms with E-state index in [-0.39, 0.29) is 4.87 Å². The molecule has 0 radical (unpaired) electrons. The number of alkyl halides is 1. The summed E-state index contributed by atoms with van der Waals surface area (Å²) in [4.78, 5) is 0.115. The van der Waals surface area contributed by atoms with Crippen molar-refractivity contribution in [2.45, 2.75) is 128 Å². The summed E-state index contributed by atoms with van der Waals surface area (Å²) in [5.41, 5.74) is 0. The summed E-state index contributed by atoms with van der Waals surface area (Å²) in [6.07, 6.45) is 21.5. The van der Waals surface area contributed by atoms with E-state index in [1.54, 1.807) is 0 Å². The molecule has 0 bridgehead atoms. The van der Waals surface area contributed by atoms with Gasteiger partial charge in [-0.15, -0.1) is 11.6 Å². The molecule has 0 aliphatic rings. The standard InChI is InChI=1S/C20H41Cl/c1-4-7-9-11-13-15-18-20(21,17-6-3)19-16-14-12-10-8-5-2/h4-19H2,1-3H3. The molecule has 128 valence electrons. The Morgan fingerprint density at radius 1 is 0.476 bits per heavy atom. The molecule has 21 heavy (non-hydrogen) atoms. The third-order valence-corrected chi connectivity index (χ3v) is 5.22. The average Bonchev–Trinajstić information content (AvgIpc) is 2.47. The summed E-state index contributed by atoms with van der Waals surface area (Å²) < 4.78 is 0. The second-order valence-electron chi connectivity index (χ2n) is 6.94. The Morgan fingerprint density at radius 3 is 1.24 bits per heavy atom. The quantitative estimate of drug-likeness (QED) is 0.198. The molecule has 0 heterocycles. The van der Waals surface area contributed by atoms with Gasteiger partial charge in [0.25, 0.3) is 0 Å². The monoisotopic (exact) mass is 316 g/mol. The molecule has 0 fully saturated rings. The molecular formula is C20H41Cl. The van der Waals surface area contributed by atoms with Crippen LogP contribution in [-0.4, -0.2) is 4.87 Å². The Morgan fingerprint density at radius 2 is 0.857 bits per heavy atom. The Labute approximate surface area is 140 Å². The van der Waals surface area contributed by atoms with E-state index in [0.717, 1.165) is 0 Å². The van der Waals surface area contributed by atoms with Crippen LogP contribution in [0.4, 0.5) is 0 Å². The molecule has 0 aromatic carbocycles. The van der Waals surface area contributed by atoms with E-state index in [4.69, 9.17) is 11.6 Å². The molecule has 1 heteroatoms. The van der Waals surface area contributed by atoms with Crippen molar-refractivity contribution in [2.75, 3.05) is 0 Å². The van der Waals surface area contributed by atoms with Gasteiger partial charge in [-0.2, -0.15) is 0 Å². The van der Waals surface area contributed by atoms with Gasteiger partial charge >= 0.3 is 0 Å². The minimum atomic E-state index is 0.115. The Hall–Kier alpha value is 0.290. The number of rotatable bonds is 16. The molecule has 0 N–H and O–H groups in total. The van der Waals surface area contributed by atoms with Crippen molar-refractivity contribution in [1.29, 1.82) is 0 Å². The Balaban J connectivity index is 3.73. The molecule has 0 nitrogen and oxygen atoms in total. The molecule has 0 saturated carbocycles. The molecule has 0 atom stereocenters. The Kier molecular flexibility index (Phi) is 15.4. The fourth-order valence-electron chi connectivity index (χ4n) is 3.27. The highest BCUT2D eigenvalue weighted by Crippen LogP contribution is 2.34. The van der Waals surface area contributed by atoms with Gasteiger partial charge in [0.15, 0.2) is 0 Å². The van der Waals surface area contributed by atoms with Crippen molar-refractivity contribution in [3.8, 4) is 0 Å². The summed E-state index contributed by atoms with van der Waals surface area (Å²) >= 11 is 6.92. The average molecular weight is 317 g/mol. The van der Waals surface area contributed by atoms with Crippen LogP contribution in [0.1, 0.15) is 124 Å². The SMILES string of the molecule is CCCCCCCCC(Cl)(CCC)CCCCCCCC. The van der Waals surface area contributed by atoms with Crippen LogP contribution in [-0.2, 0) is 0 Å². The zero-order valence-corrected chi connectivity index (χ0v) is 15.9. The van der Waals surface area contributed by atoms with Gasteiger partial charge < -0.3 is 0 Å². The summed E-state index contributed by atoms with van der Waals surface area (Å²) in [5.74, 6) is 0. The lowest BCUT2D eigenvalue weighted by molar-refractivity contribution is 0.408. The van der Waals surface area contributed by atoms with Crippen LogP contribution >= 0.6 is 11.6 Å². The molecule has 0 aliphatic carbocycles. The predicted molar refractivity (Wildman–Crippen MR) is 99.5 cm³/mol. The summed E-state index contributed by atoms with van der Waals surface area (Å²) in [5, 5.41) is 0. The van der Waals surface area contributed by atoms with Gasteiger partial charge in [-0.25, -0.2) is 0 Å². The van der Waals surface area contributed by atoms with Gasteiger partial charge in [0.05, 0.1) is 0 Å². The van der Waals surface area contributed by atoms with Crippen LogP contribution in [0.5, 0.6) is 0 Å². The molecule has 0 amide bonds. The van der Waals surface area contributed by atoms with Crippen LogP contribution in [0, 0.1) is 0 Å². The van der Waals surface area contributed by atoms with E-state index in [0.29, 0.717) is 0 Å². The summed E-state index contributed by atoms with van der Waals surface area (Å²) in [6, 6.07) is 0. The van der Waals surface area contributed by atoms with E-state index in [1.165, 1.54) is 103 Å². The maximum absolute atomic E-state index is 6.92. The van der Waals surface area contributed by atoms with Crippen LogP contribution in [0.15, 0.2) is 0 Å². The third kappa shape index (κ3) is 13.7. The lowest BCUT2D eigenvalue weighted by Gasteiger charge is -2.27. The smallest absolute Gasteiger partial charge is 0.0446 e. The predicted octanol–water partition coefficient (Wildman–Crippen LogP) is 8.27. The third-order valence-electron chi connectivity index (χ3n) is 4.65. The van der Waals surface area contributed by atoms with Gasteiger partial charge in [-0.3, -0.25) is 0 Å². The summed E-state index contributed by atoms with van der Waals surface area (Å²) in [7, 11) is 0. The van der Waals surface area contributed by atoms with Gasteiger partial charge in [0, 0.05) is 4.87 Å². The molecule has 0 rings (SSSR count). The maximum Gasteiger partial charge on any atom is 0.0446 e. The number of unbranched alkanes of at least 4 members (excludes halogenated alkanes) is 10. The fraction of sp³-hybridized carbons (Fsp3) is 1.00. The lowest BCUT2D eigenvalue weighted by Crippen LogP contribution is -2.21. The molecular weight excluding hydrogens is 276 g/mol. The second kappa shape index (κ2) is 15.2. The maximum atomic E-state index is 6.92. The van der Waals surface area contributed by atoms with E-state index in [1.807, 2.05) is 0 Å². The molecule has 0 saturated heterocycles. The van der Waals surface area contributed by atoms with Crippen molar-refractivity contribution < 1.29 is 0 Å². The zero-order valence-electron chi connectivity index (χ0n) is 15.2. The van der Waals surface area contributed by atoms with Crippen LogP contribution < -0.4 is 0 Å². The van der Waals surface area contributed by atoms with E-state index in [9.17, 15) is 0 Å². The zero-order chi connectivity index (χ0) is 15.8. The van der Waals surface area contributed by atoms with Crippen LogP contribution in [0.25, 0.3) is 0 Å². The molecule has 0 unspecified atom stereocenters. The highest BCUT2D eigenvalue weighted by Gasteiger charge is 2.24. The molecule has 0 aromatic heterocycles. The van der Waals surface area contributed by atoms with Crippen LogP contribution in [0.3, 0.4) is 0 Å². The van der Waals surface area contributed by atoms with Crippen molar-refractivity contribution >= 4 is 11.6 Å². The van der Waals surface area contributed by atoms with E-state index < -0.39 is 0 Å². The fourth-order valence-corrected chi connectivity index (χ4v) is 3.72. The minimum Gasteiger partial charge on any atom is -0.119 e. The highest BCUT2D eigenvalue weighted by molar-refractivity contribution is 6.23. The first-order valence-corrected chi connectivity index (χ1v) is 10.2. The molecule has 0 aliphatic heterocycles.